The summed E-state index contributed by atoms with van der Waals surface area (Å²) in [5.41, 5.74) is 5.35. The molecule has 0 radical (unpaired) electrons. The Morgan fingerprint density at radius 1 is 1.08 bits per heavy atom. The summed E-state index contributed by atoms with van der Waals surface area (Å²) >= 11 is 0. The van der Waals surface area contributed by atoms with Crippen LogP contribution in [0.2, 0.25) is 0 Å². The number of halogens is 1. The molecule has 0 unspecified atom stereocenters. The summed E-state index contributed by atoms with van der Waals surface area (Å²) in [6, 6.07) is 5.15. The predicted octanol–water partition coefficient (Wildman–Crippen LogP) is 1.20. The molecule has 1 saturated carbocycles. The van der Waals surface area contributed by atoms with Gasteiger partial charge in [0.15, 0.2) is 0 Å². The number of carbonyl (C=O) groups excluding carboxylic acids is 1. The highest BCUT2D eigenvalue weighted by atomic mass is 19.1. The van der Waals surface area contributed by atoms with E-state index in [1.165, 1.54) is 17.9 Å². The largest absolute Gasteiger partial charge is 0.453 e. The number of aromatic nitrogens is 8. The van der Waals surface area contributed by atoms with E-state index in [0.717, 1.165) is 29.9 Å². The lowest BCUT2D eigenvalue weighted by molar-refractivity contribution is -0.381. The van der Waals surface area contributed by atoms with Gasteiger partial charge in [0.25, 0.3) is 0 Å². The molecule has 1 aromatic carbocycles. The molecule has 260 valence electrons. The van der Waals surface area contributed by atoms with Crippen LogP contribution in [0.15, 0.2) is 41.6 Å². The van der Waals surface area contributed by atoms with Gasteiger partial charge in [-0.25, -0.2) is 19.1 Å². The third-order valence-corrected chi connectivity index (χ3v) is 8.47. The maximum atomic E-state index is 15.4. The van der Waals surface area contributed by atoms with Crippen LogP contribution in [0, 0.1) is 5.95 Å². The molecule has 1 aliphatic carbocycles. The molecule has 0 saturated heterocycles. The van der Waals surface area contributed by atoms with Gasteiger partial charge in [-0.2, -0.15) is 14.2 Å². The number of aliphatic hydroxyl groups is 6. The van der Waals surface area contributed by atoms with Crippen LogP contribution >= 0.6 is 0 Å². The van der Waals surface area contributed by atoms with Crippen LogP contribution in [-0.2, 0) is 16.9 Å². The number of nitrogens with zero attached hydrogens (tertiary/aromatic N) is 7. The fourth-order valence-electron chi connectivity index (χ4n) is 6.42. The molecular formula is C30H34FN9O9. The van der Waals surface area contributed by atoms with E-state index in [1.54, 1.807) is 12.3 Å². The number of amides is 1. The van der Waals surface area contributed by atoms with E-state index >= 15 is 4.39 Å². The number of primary amides is 1. The fraction of sp³-hybridized carbons (Fsp3) is 0.367. The fourth-order valence-corrected chi connectivity index (χ4v) is 6.42. The molecule has 5 aromatic heterocycles. The first kappa shape index (κ1) is 33.7. The summed E-state index contributed by atoms with van der Waals surface area (Å²) in [6.45, 7) is 3.97. The Balaban J connectivity index is 0.000000778. The van der Waals surface area contributed by atoms with Crippen LogP contribution in [0.3, 0.4) is 0 Å². The average Bonchev–Trinajstić information content (AvgIpc) is 3.84. The van der Waals surface area contributed by atoms with Crippen molar-refractivity contribution in [3.8, 4) is 22.4 Å². The van der Waals surface area contributed by atoms with Crippen LogP contribution in [0.25, 0.3) is 55.4 Å². The number of fused-ring (bicyclic) bond motifs is 4. The highest BCUT2D eigenvalue weighted by molar-refractivity contribution is 6.14. The van der Waals surface area contributed by atoms with Crippen molar-refractivity contribution >= 4 is 39.1 Å². The van der Waals surface area contributed by atoms with Crippen LogP contribution in [0.1, 0.15) is 51.6 Å². The number of nitrogens with two attached hydrogens (primary N) is 1. The van der Waals surface area contributed by atoms with E-state index in [1.807, 2.05) is 30.7 Å². The second-order valence-corrected chi connectivity index (χ2v) is 12.0. The summed E-state index contributed by atoms with van der Waals surface area (Å²) in [7, 11) is 1.22. The molecule has 0 bridgehead atoms. The number of hydrogen-bond donors (Lipinski definition) is 8. The van der Waals surface area contributed by atoms with Gasteiger partial charge in [0.1, 0.15) is 5.65 Å². The lowest BCUT2D eigenvalue weighted by Gasteiger charge is -2.15. The Morgan fingerprint density at radius 3 is 2.33 bits per heavy atom. The van der Waals surface area contributed by atoms with Gasteiger partial charge < -0.3 is 46.1 Å². The number of rotatable bonds is 6. The number of ether oxygens (including phenoxy) is 1. The summed E-state index contributed by atoms with van der Waals surface area (Å²) in [5.74, 6) is -1.16. The zero-order chi connectivity index (χ0) is 35.6. The highest BCUT2D eigenvalue weighted by Crippen LogP contribution is 2.44. The number of carbonyl (C=O) groups is 1. The first-order chi connectivity index (χ1) is 23.0. The molecule has 1 aliphatic rings. The molecule has 0 aliphatic heterocycles. The van der Waals surface area contributed by atoms with Crippen molar-refractivity contribution in [2.75, 3.05) is 7.11 Å². The maximum Gasteiger partial charge on any atom is 0.404 e. The van der Waals surface area contributed by atoms with Crippen molar-refractivity contribution in [1.29, 1.82) is 0 Å². The second kappa shape index (κ2) is 12.1. The number of H-pyrrole nitrogens is 1. The van der Waals surface area contributed by atoms with Crippen molar-refractivity contribution in [2.45, 2.75) is 63.8 Å². The topological polar surface area (TPSA) is 265 Å². The molecule has 18 nitrogen and oxygen atoms in total. The van der Waals surface area contributed by atoms with E-state index in [4.69, 9.17) is 0 Å². The zero-order valence-corrected chi connectivity index (χ0v) is 26.4. The van der Waals surface area contributed by atoms with Gasteiger partial charge in [-0.3, -0.25) is 9.25 Å². The van der Waals surface area contributed by atoms with E-state index in [9.17, 15) is 40.2 Å². The van der Waals surface area contributed by atoms with Crippen molar-refractivity contribution in [3.63, 3.8) is 0 Å². The van der Waals surface area contributed by atoms with Gasteiger partial charge in [0.2, 0.25) is 5.95 Å². The second-order valence-electron chi connectivity index (χ2n) is 12.0. The summed E-state index contributed by atoms with van der Waals surface area (Å²) in [6.07, 6.45) is -1.10. The molecule has 6 aromatic rings. The van der Waals surface area contributed by atoms with Crippen LogP contribution in [0.5, 0.6) is 0 Å². The van der Waals surface area contributed by atoms with E-state index in [-0.39, 0.29) is 44.7 Å². The number of pyridine rings is 1. The lowest BCUT2D eigenvalue weighted by Crippen LogP contribution is -2.41. The Morgan fingerprint density at radius 2 is 1.76 bits per heavy atom. The van der Waals surface area contributed by atoms with Crippen LogP contribution in [0.4, 0.5) is 9.18 Å². The molecular weight excluding hydrogens is 649 g/mol. The van der Waals surface area contributed by atoms with Crippen LogP contribution in [-0.4, -0.2) is 82.5 Å². The highest BCUT2D eigenvalue weighted by Gasteiger charge is 2.35. The zero-order valence-electron chi connectivity index (χ0n) is 26.4. The van der Waals surface area contributed by atoms with Gasteiger partial charge >= 0.3 is 24.0 Å². The quantitative estimate of drug-likeness (QED) is 0.115. The van der Waals surface area contributed by atoms with Gasteiger partial charge in [0.05, 0.1) is 52.7 Å². The number of hydrogen-bond acceptors (Lipinski definition) is 12. The summed E-state index contributed by atoms with van der Waals surface area (Å²) in [4.78, 5) is 30.6. The molecule has 0 atom stereocenters. The third-order valence-electron chi connectivity index (χ3n) is 8.47. The van der Waals surface area contributed by atoms with Crippen molar-refractivity contribution in [3.05, 3.63) is 53.2 Å². The minimum Gasteiger partial charge on any atom is -0.453 e. The Kier molecular flexibility index (Phi) is 8.29. The predicted molar refractivity (Wildman–Crippen MR) is 169 cm³/mol. The number of aromatic amines is 1. The van der Waals surface area contributed by atoms with Crippen molar-refractivity contribution in [2.24, 2.45) is 5.73 Å². The smallest absolute Gasteiger partial charge is 0.404 e. The van der Waals surface area contributed by atoms with E-state index in [0.29, 0.717) is 33.9 Å². The van der Waals surface area contributed by atoms with Gasteiger partial charge in [-0.15, -0.1) is 5.10 Å². The first-order valence-corrected chi connectivity index (χ1v) is 15.1. The molecule has 5 heterocycles. The molecule has 49 heavy (non-hydrogen) atoms. The molecule has 9 N–H and O–H groups in total. The summed E-state index contributed by atoms with van der Waals surface area (Å²) in [5, 5.41) is 68.7. The van der Waals surface area contributed by atoms with Gasteiger partial charge in [0, 0.05) is 29.2 Å². The van der Waals surface area contributed by atoms with E-state index in [2.05, 4.69) is 30.6 Å². The third kappa shape index (κ3) is 5.81. The van der Waals surface area contributed by atoms with Crippen LogP contribution < -0.4 is 11.4 Å². The molecule has 19 heteroatoms. The molecule has 0 spiro atoms. The van der Waals surface area contributed by atoms with E-state index < -0.39 is 29.9 Å². The SMILES string of the molecule is CC(C)n1ncc2cc(-c3c(-c4cn(C(O)(O)O)nc4F)[nH]c4ncc5c(c34)n(C3CCCC3)c(=O)n5C(O)(O)O)ccc21.COC(N)=O. The first-order valence-electron chi connectivity index (χ1n) is 15.1. The van der Waals surface area contributed by atoms with Crippen molar-refractivity contribution < 1.29 is 44.6 Å². The molecule has 1 fully saturated rings. The minimum atomic E-state index is -3.54. The number of imidazole rings is 1. The lowest BCUT2D eigenvalue weighted by atomic mass is 9.98. The average molecular weight is 684 g/mol. The normalized spacial score (nSPS) is 14.3. The molecule has 1 amide bonds. The minimum absolute atomic E-state index is 0.0674. The molecule has 7 rings (SSSR count). The standard InChI is InChI=1S/C28H29FN8O7.C2H5NO2/c1-13(2)37-18-8-7-14(9-15(18)10-31-37)20-21-23-19(36(28(42,43)44)26(38)35(23)16-5-3-4-6-16)11-30-25(21)32-22(20)17-12-34(27(39,40)41)33-24(17)29;1-5-2(3)4/h7-13,16,39-44H,3-6H2,1-2H3,(H,30,32);1H3,(H2,3,4). The monoisotopic (exact) mass is 683 g/mol. The number of benzene rings is 1. The Bertz CT molecular complexity index is 2260. The van der Waals surface area contributed by atoms with Crippen molar-refractivity contribution in [1.82, 2.24) is 38.7 Å². The maximum absolute atomic E-state index is 15.4. The number of nitrogens with one attached hydrogen (secondary N) is 1. The van der Waals surface area contributed by atoms with Gasteiger partial charge in [-0.05, 0) is 44.4 Å². The van der Waals surface area contributed by atoms with Gasteiger partial charge in [-0.1, -0.05) is 18.9 Å². The Labute approximate surface area is 274 Å². The Hall–Kier alpha value is -5.18. The number of methoxy groups -OCH3 is 1. The summed E-state index contributed by atoms with van der Waals surface area (Å²) < 4.78 is 23.2.